The number of benzene rings is 2. The normalized spacial score (nSPS) is 16.1. The molecule has 2 heterocycles. The number of piperazine rings is 1. The Bertz CT molecular complexity index is 1040. The molecule has 1 amide bonds. The molecule has 1 aliphatic rings. The summed E-state index contributed by atoms with van der Waals surface area (Å²) in [6, 6.07) is 12.9. The molecule has 1 aliphatic heterocycles. The van der Waals surface area contributed by atoms with Crippen molar-refractivity contribution in [1.82, 2.24) is 14.8 Å². The van der Waals surface area contributed by atoms with Crippen LogP contribution in [0.1, 0.15) is 33.9 Å². The third-order valence-electron chi connectivity index (χ3n) is 5.46. The highest BCUT2D eigenvalue weighted by molar-refractivity contribution is 7.18. The lowest BCUT2D eigenvalue weighted by Crippen LogP contribution is -2.49. The van der Waals surface area contributed by atoms with Gasteiger partial charge in [0.2, 0.25) is 0 Å². The summed E-state index contributed by atoms with van der Waals surface area (Å²) in [4.78, 5) is 32.3. The molecule has 1 aromatic heterocycles. The van der Waals surface area contributed by atoms with Gasteiger partial charge in [-0.1, -0.05) is 12.1 Å². The van der Waals surface area contributed by atoms with Gasteiger partial charge in [-0.25, -0.2) is 4.98 Å². The Morgan fingerprint density at radius 2 is 1.90 bits per heavy atom. The zero-order valence-electron chi connectivity index (χ0n) is 16.4. The highest BCUT2D eigenvalue weighted by Gasteiger charge is 2.27. The molecule has 1 saturated heterocycles. The van der Waals surface area contributed by atoms with Crippen molar-refractivity contribution < 1.29 is 9.72 Å². The van der Waals surface area contributed by atoms with Gasteiger partial charge in [0.05, 0.1) is 21.2 Å². The summed E-state index contributed by atoms with van der Waals surface area (Å²) in [5, 5.41) is 12.1. The molecule has 0 aliphatic carbocycles. The smallest absolute Gasteiger partial charge is 0.272 e. The van der Waals surface area contributed by atoms with Crippen molar-refractivity contribution >= 4 is 33.1 Å². The van der Waals surface area contributed by atoms with Crippen LogP contribution in [-0.4, -0.2) is 51.8 Å². The molecule has 1 atom stereocenters. The number of aromatic nitrogens is 1. The van der Waals surface area contributed by atoms with E-state index in [1.165, 1.54) is 10.8 Å². The van der Waals surface area contributed by atoms with Crippen molar-refractivity contribution in [2.75, 3.05) is 26.2 Å². The highest BCUT2D eigenvalue weighted by atomic mass is 32.1. The summed E-state index contributed by atoms with van der Waals surface area (Å²) in [5.74, 6) is -0.0738. The van der Waals surface area contributed by atoms with Gasteiger partial charge in [0.1, 0.15) is 5.01 Å². The number of rotatable bonds is 4. The molecule has 3 aromatic rings. The van der Waals surface area contributed by atoms with Crippen LogP contribution < -0.4 is 0 Å². The van der Waals surface area contributed by atoms with Crippen LogP contribution in [0.25, 0.3) is 10.2 Å². The molecule has 0 radical (unpaired) electrons. The van der Waals surface area contributed by atoms with E-state index in [2.05, 4.69) is 17.9 Å². The number of carbonyl (C=O) groups excluding carboxylic acids is 1. The zero-order chi connectivity index (χ0) is 20.5. The largest absolute Gasteiger partial charge is 0.336 e. The van der Waals surface area contributed by atoms with E-state index in [1.54, 1.807) is 30.4 Å². The number of amides is 1. The summed E-state index contributed by atoms with van der Waals surface area (Å²) in [5.41, 5.74) is 2.07. The number of nitro groups is 1. The van der Waals surface area contributed by atoms with Gasteiger partial charge in [-0.05, 0) is 38.1 Å². The maximum Gasteiger partial charge on any atom is 0.272 e. The Morgan fingerprint density at radius 3 is 2.55 bits per heavy atom. The molecule has 0 N–H and O–H groups in total. The lowest BCUT2D eigenvalue weighted by molar-refractivity contribution is -0.385. The van der Waals surface area contributed by atoms with Crippen molar-refractivity contribution in [1.29, 1.82) is 0 Å². The first-order valence-electron chi connectivity index (χ1n) is 9.58. The van der Waals surface area contributed by atoms with Gasteiger partial charge in [0.15, 0.2) is 0 Å². The molecule has 150 valence electrons. The van der Waals surface area contributed by atoms with Crippen LogP contribution in [0.4, 0.5) is 5.69 Å². The van der Waals surface area contributed by atoms with E-state index >= 15 is 0 Å². The number of hydrogen-bond donors (Lipinski definition) is 0. The van der Waals surface area contributed by atoms with Crippen LogP contribution >= 0.6 is 11.3 Å². The molecule has 4 rings (SSSR count). The SMILES string of the molecule is Cc1cc(C(=O)N2CCN(C(C)c3nc4ccccc4s3)CC2)ccc1[N+](=O)[O-]. The maximum atomic E-state index is 12.8. The van der Waals surface area contributed by atoms with Crippen LogP contribution in [0, 0.1) is 17.0 Å². The van der Waals surface area contributed by atoms with E-state index in [0.29, 0.717) is 24.2 Å². The van der Waals surface area contributed by atoms with E-state index in [4.69, 9.17) is 4.98 Å². The number of hydrogen-bond acceptors (Lipinski definition) is 6. The Labute approximate surface area is 172 Å². The van der Waals surface area contributed by atoms with Gasteiger partial charge in [0, 0.05) is 43.4 Å². The van der Waals surface area contributed by atoms with Crippen molar-refractivity contribution in [2.45, 2.75) is 19.9 Å². The van der Waals surface area contributed by atoms with E-state index in [-0.39, 0.29) is 17.6 Å². The second kappa shape index (κ2) is 7.88. The lowest BCUT2D eigenvalue weighted by Gasteiger charge is -2.37. The molecule has 2 aromatic carbocycles. The van der Waals surface area contributed by atoms with E-state index in [9.17, 15) is 14.9 Å². The number of thiazole rings is 1. The molecule has 7 nitrogen and oxygen atoms in total. The van der Waals surface area contributed by atoms with Gasteiger partial charge >= 0.3 is 0 Å². The maximum absolute atomic E-state index is 12.8. The molecule has 29 heavy (non-hydrogen) atoms. The fourth-order valence-corrected chi connectivity index (χ4v) is 4.77. The van der Waals surface area contributed by atoms with Crippen LogP contribution in [0.5, 0.6) is 0 Å². The third kappa shape index (κ3) is 3.86. The van der Waals surface area contributed by atoms with Crippen LogP contribution in [0.2, 0.25) is 0 Å². The van der Waals surface area contributed by atoms with Crippen molar-refractivity contribution in [3.05, 3.63) is 68.7 Å². The number of fused-ring (bicyclic) bond motifs is 1. The Kier molecular flexibility index (Phi) is 5.29. The number of aryl methyl sites for hydroxylation is 1. The van der Waals surface area contributed by atoms with Crippen molar-refractivity contribution in [3.63, 3.8) is 0 Å². The average Bonchev–Trinajstić information content (AvgIpc) is 3.16. The topological polar surface area (TPSA) is 79.6 Å². The Balaban J connectivity index is 1.41. The summed E-state index contributed by atoms with van der Waals surface area (Å²) in [6.45, 7) is 6.62. The van der Waals surface area contributed by atoms with Gasteiger partial charge < -0.3 is 4.90 Å². The number of nitro benzene ring substituents is 1. The molecule has 0 saturated carbocycles. The fourth-order valence-electron chi connectivity index (χ4n) is 3.71. The minimum atomic E-state index is -0.425. The summed E-state index contributed by atoms with van der Waals surface area (Å²) >= 11 is 1.72. The van der Waals surface area contributed by atoms with Crippen LogP contribution in [0.15, 0.2) is 42.5 Å². The fraction of sp³-hybridized carbons (Fsp3) is 0.333. The Morgan fingerprint density at radius 1 is 1.17 bits per heavy atom. The highest BCUT2D eigenvalue weighted by Crippen LogP contribution is 2.30. The standard InChI is InChI=1S/C21H22N4O3S/c1-14-13-16(7-8-18(14)25(27)28)21(26)24-11-9-23(10-12-24)15(2)20-22-17-5-3-4-6-19(17)29-20/h3-8,13,15H,9-12H2,1-2H3. The lowest BCUT2D eigenvalue weighted by atomic mass is 10.1. The molecular weight excluding hydrogens is 388 g/mol. The third-order valence-corrected chi connectivity index (χ3v) is 6.66. The van der Waals surface area contributed by atoms with Gasteiger partial charge in [-0.15, -0.1) is 11.3 Å². The van der Waals surface area contributed by atoms with Gasteiger partial charge in [-0.2, -0.15) is 0 Å². The predicted octanol–water partition coefficient (Wildman–Crippen LogP) is 4.03. The van der Waals surface area contributed by atoms with Crippen molar-refractivity contribution in [2.24, 2.45) is 0 Å². The minimum Gasteiger partial charge on any atom is -0.336 e. The molecule has 8 heteroatoms. The van der Waals surface area contributed by atoms with Crippen molar-refractivity contribution in [3.8, 4) is 0 Å². The van der Waals surface area contributed by atoms with E-state index < -0.39 is 4.92 Å². The molecule has 0 bridgehead atoms. The monoisotopic (exact) mass is 410 g/mol. The summed E-state index contributed by atoms with van der Waals surface area (Å²) in [7, 11) is 0. The molecule has 1 fully saturated rings. The first-order chi connectivity index (χ1) is 13.9. The quantitative estimate of drug-likeness (QED) is 0.479. The zero-order valence-corrected chi connectivity index (χ0v) is 17.2. The second-order valence-electron chi connectivity index (χ2n) is 7.28. The first-order valence-corrected chi connectivity index (χ1v) is 10.4. The van der Waals surface area contributed by atoms with Gasteiger partial charge in [-0.3, -0.25) is 19.8 Å². The van der Waals surface area contributed by atoms with Crippen LogP contribution in [-0.2, 0) is 0 Å². The average molecular weight is 410 g/mol. The predicted molar refractivity (Wildman–Crippen MR) is 113 cm³/mol. The summed E-state index contributed by atoms with van der Waals surface area (Å²) in [6.07, 6.45) is 0. The number of carbonyl (C=O) groups is 1. The summed E-state index contributed by atoms with van der Waals surface area (Å²) < 4.78 is 1.19. The number of nitrogens with zero attached hydrogens (tertiary/aromatic N) is 4. The molecular formula is C21H22N4O3S. The first kappa shape index (κ1) is 19.5. The van der Waals surface area contributed by atoms with Gasteiger partial charge in [0.25, 0.3) is 11.6 Å². The van der Waals surface area contributed by atoms with E-state index in [1.807, 2.05) is 23.1 Å². The molecule has 0 spiro atoms. The Hall–Kier alpha value is -2.84. The second-order valence-corrected chi connectivity index (χ2v) is 8.34. The molecule has 1 unspecified atom stereocenters. The number of para-hydroxylation sites is 1. The van der Waals surface area contributed by atoms with E-state index in [0.717, 1.165) is 23.6 Å². The minimum absolute atomic E-state index is 0.0380. The van der Waals surface area contributed by atoms with Crippen LogP contribution in [0.3, 0.4) is 0 Å².